The quantitative estimate of drug-likeness (QED) is 0.152. The Morgan fingerprint density at radius 1 is 0.833 bits per heavy atom. The van der Waals surface area contributed by atoms with Crippen molar-refractivity contribution in [3.8, 4) is 11.5 Å². The standard InChI is InChI=1S/C32H28NO2.Ir/c1-31(2)20-32(22-11-7-5-8-12-22,23-13-9-6-10-14-23)29-24-16-15-21-17-27(34-3)28(35-4)18-25(21)30(24)33-19-26(29)31;/h5-17,19H,20H2,1-4H3;/q-1;. The van der Waals surface area contributed by atoms with Gasteiger partial charge in [0.15, 0.2) is 0 Å². The molecule has 1 aliphatic rings. The van der Waals surface area contributed by atoms with Gasteiger partial charge in [-0.3, -0.25) is 0 Å². The summed E-state index contributed by atoms with van der Waals surface area (Å²) >= 11 is 0. The number of pyridine rings is 1. The van der Waals surface area contributed by atoms with E-state index in [4.69, 9.17) is 14.5 Å². The Labute approximate surface area is 225 Å². The van der Waals surface area contributed by atoms with Crippen LogP contribution in [-0.4, -0.2) is 19.2 Å². The minimum absolute atomic E-state index is 0. The van der Waals surface area contributed by atoms with Gasteiger partial charge < -0.3 is 14.5 Å². The zero-order valence-corrected chi connectivity index (χ0v) is 23.3. The minimum Gasteiger partial charge on any atom is -0.536 e. The van der Waals surface area contributed by atoms with E-state index in [0.29, 0.717) is 11.5 Å². The zero-order valence-electron chi connectivity index (χ0n) is 20.9. The molecule has 36 heavy (non-hydrogen) atoms. The van der Waals surface area contributed by atoms with Gasteiger partial charge >= 0.3 is 0 Å². The second-order valence-electron chi connectivity index (χ2n) is 10.0. The normalized spacial score (nSPS) is 15.3. The first-order valence-corrected chi connectivity index (χ1v) is 12.0. The van der Waals surface area contributed by atoms with Crippen molar-refractivity contribution >= 4 is 21.7 Å². The van der Waals surface area contributed by atoms with Crippen LogP contribution >= 0.6 is 0 Å². The first kappa shape index (κ1) is 24.5. The zero-order chi connectivity index (χ0) is 24.2. The Kier molecular flexibility index (Phi) is 6.14. The summed E-state index contributed by atoms with van der Waals surface area (Å²) < 4.78 is 11.1. The van der Waals surface area contributed by atoms with Gasteiger partial charge in [0.25, 0.3) is 0 Å². The maximum atomic E-state index is 5.59. The molecule has 5 aromatic rings. The average Bonchev–Trinajstić information content (AvgIpc) is 3.16. The number of rotatable bonds is 4. The SMILES string of the molecule is COc1[c-]c2c(ccc3c4c(cnc32)C(C)(C)CC4(c2ccccc2)c2ccccc2)cc1OC.[Ir]. The van der Waals surface area contributed by atoms with Crippen LogP contribution in [0.25, 0.3) is 21.7 Å². The van der Waals surface area contributed by atoms with Gasteiger partial charge in [-0.05, 0) is 45.0 Å². The van der Waals surface area contributed by atoms with Gasteiger partial charge in [0.1, 0.15) is 0 Å². The number of hydrogen-bond acceptors (Lipinski definition) is 3. The van der Waals surface area contributed by atoms with Crippen molar-refractivity contribution < 1.29 is 29.6 Å². The van der Waals surface area contributed by atoms with E-state index in [1.54, 1.807) is 14.2 Å². The van der Waals surface area contributed by atoms with Gasteiger partial charge in [0.05, 0.1) is 25.7 Å². The minimum atomic E-state index is -0.285. The molecule has 0 unspecified atom stereocenters. The van der Waals surface area contributed by atoms with Crippen molar-refractivity contribution in [2.75, 3.05) is 14.2 Å². The summed E-state index contributed by atoms with van der Waals surface area (Å²) in [5.41, 5.74) is 5.87. The van der Waals surface area contributed by atoms with Crippen LogP contribution in [0.1, 0.15) is 42.5 Å². The monoisotopic (exact) mass is 651 g/mol. The number of fused-ring (bicyclic) bond motifs is 5. The van der Waals surface area contributed by atoms with Gasteiger partial charge in [-0.2, -0.15) is 0 Å². The number of benzene rings is 4. The Morgan fingerprint density at radius 2 is 1.47 bits per heavy atom. The summed E-state index contributed by atoms with van der Waals surface area (Å²) in [6, 6.07) is 31.7. The van der Waals surface area contributed by atoms with Crippen molar-refractivity contribution in [3.63, 3.8) is 0 Å². The van der Waals surface area contributed by atoms with Gasteiger partial charge in [0.2, 0.25) is 0 Å². The summed E-state index contributed by atoms with van der Waals surface area (Å²) in [6.07, 6.45) is 3.06. The van der Waals surface area contributed by atoms with Crippen LogP contribution in [0.15, 0.2) is 85.1 Å². The van der Waals surface area contributed by atoms with Crippen molar-refractivity contribution in [1.29, 1.82) is 0 Å². The summed E-state index contributed by atoms with van der Waals surface area (Å²) in [6.45, 7) is 4.68. The van der Waals surface area contributed by atoms with Crippen LogP contribution in [0.2, 0.25) is 0 Å². The molecule has 0 fully saturated rings. The predicted molar refractivity (Wildman–Crippen MR) is 142 cm³/mol. The fourth-order valence-corrected chi connectivity index (χ4v) is 6.14. The van der Waals surface area contributed by atoms with E-state index in [9.17, 15) is 0 Å². The summed E-state index contributed by atoms with van der Waals surface area (Å²) in [7, 11) is 3.30. The Morgan fingerprint density at radius 3 is 2.06 bits per heavy atom. The molecule has 183 valence electrons. The molecular formula is C32H28IrNO2-. The molecule has 3 nitrogen and oxygen atoms in total. The van der Waals surface area contributed by atoms with Crippen molar-refractivity contribution in [3.05, 3.63) is 113 Å². The Hall–Kier alpha value is -3.20. The van der Waals surface area contributed by atoms with Crippen LogP contribution in [0, 0.1) is 6.07 Å². The third-order valence-corrected chi connectivity index (χ3v) is 7.64. The van der Waals surface area contributed by atoms with E-state index in [-0.39, 0.29) is 30.9 Å². The Bertz CT molecular complexity index is 1520. The molecule has 4 aromatic carbocycles. The van der Waals surface area contributed by atoms with Crippen molar-refractivity contribution in [2.45, 2.75) is 31.1 Å². The number of nitrogens with zero attached hydrogens (tertiary/aromatic N) is 1. The van der Waals surface area contributed by atoms with Crippen LogP contribution in [0.4, 0.5) is 0 Å². The molecule has 0 aliphatic heterocycles. The maximum Gasteiger partial charge on any atom is 0.0776 e. The van der Waals surface area contributed by atoms with Crippen molar-refractivity contribution in [2.24, 2.45) is 0 Å². The van der Waals surface area contributed by atoms with E-state index >= 15 is 0 Å². The van der Waals surface area contributed by atoms with E-state index in [1.807, 2.05) is 6.07 Å². The topological polar surface area (TPSA) is 31.4 Å². The first-order valence-electron chi connectivity index (χ1n) is 12.0. The largest absolute Gasteiger partial charge is 0.536 e. The second-order valence-corrected chi connectivity index (χ2v) is 10.0. The van der Waals surface area contributed by atoms with Crippen molar-refractivity contribution in [1.82, 2.24) is 4.98 Å². The molecule has 1 radical (unpaired) electrons. The summed E-state index contributed by atoms with van der Waals surface area (Å²) in [5.74, 6) is 1.26. The third-order valence-electron chi connectivity index (χ3n) is 7.64. The van der Waals surface area contributed by atoms with Crippen LogP contribution in [-0.2, 0) is 30.9 Å². The number of methoxy groups -OCH3 is 2. The molecule has 1 aliphatic carbocycles. The first-order chi connectivity index (χ1) is 17.0. The number of aromatic nitrogens is 1. The van der Waals surface area contributed by atoms with Gasteiger partial charge in [-0.1, -0.05) is 98.8 Å². The molecule has 4 heteroatoms. The molecule has 0 N–H and O–H groups in total. The molecule has 0 spiro atoms. The Balaban J connectivity index is 0.00000267. The fraction of sp³-hybridized carbons (Fsp3) is 0.219. The average molecular weight is 651 g/mol. The van der Waals surface area contributed by atoms with E-state index < -0.39 is 0 Å². The van der Waals surface area contributed by atoms with E-state index in [0.717, 1.165) is 28.1 Å². The number of hydrogen-bond donors (Lipinski definition) is 0. The predicted octanol–water partition coefficient (Wildman–Crippen LogP) is 7.22. The molecular weight excluding hydrogens is 623 g/mol. The molecule has 1 aromatic heterocycles. The molecule has 1 heterocycles. The fourth-order valence-electron chi connectivity index (χ4n) is 6.14. The molecule has 0 saturated carbocycles. The van der Waals surface area contributed by atoms with Crippen LogP contribution in [0.3, 0.4) is 0 Å². The third kappa shape index (κ3) is 3.47. The smallest absolute Gasteiger partial charge is 0.0776 e. The van der Waals surface area contributed by atoms with Gasteiger partial charge in [-0.25, -0.2) is 0 Å². The number of ether oxygens (including phenoxy) is 2. The maximum absolute atomic E-state index is 5.59. The van der Waals surface area contributed by atoms with Crippen LogP contribution in [0.5, 0.6) is 11.5 Å². The summed E-state index contributed by atoms with van der Waals surface area (Å²) in [4.78, 5) is 5.03. The molecule has 0 atom stereocenters. The molecule has 0 saturated heterocycles. The van der Waals surface area contributed by atoms with E-state index in [2.05, 4.69) is 98.9 Å². The molecule has 0 bridgehead atoms. The summed E-state index contributed by atoms with van der Waals surface area (Å²) in [5, 5.41) is 3.14. The second kappa shape index (κ2) is 9.03. The molecule has 0 amide bonds. The van der Waals surface area contributed by atoms with E-state index in [1.165, 1.54) is 22.3 Å². The van der Waals surface area contributed by atoms with Gasteiger partial charge in [-0.15, -0.1) is 10.8 Å². The van der Waals surface area contributed by atoms with Crippen LogP contribution < -0.4 is 9.47 Å². The molecule has 6 rings (SSSR count). The van der Waals surface area contributed by atoms with Gasteiger partial charge in [0, 0.05) is 31.7 Å².